The summed E-state index contributed by atoms with van der Waals surface area (Å²) >= 11 is 2.07. The summed E-state index contributed by atoms with van der Waals surface area (Å²) in [6, 6.07) is -0.268. The van der Waals surface area contributed by atoms with Crippen LogP contribution in [-0.2, 0) is 6.18 Å². The second-order valence-corrected chi connectivity index (χ2v) is 5.44. The number of alkyl halides is 3. The zero-order valence-electron chi connectivity index (χ0n) is 9.36. The van der Waals surface area contributed by atoms with Gasteiger partial charge in [-0.15, -0.1) is 22.7 Å². The van der Waals surface area contributed by atoms with E-state index in [1.54, 1.807) is 11.7 Å². The van der Waals surface area contributed by atoms with E-state index in [9.17, 15) is 13.2 Å². The molecule has 1 N–H and O–H groups in total. The van der Waals surface area contributed by atoms with E-state index in [1.807, 2.05) is 6.92 Å². The predicted molar refractivity (Wildman–Crippen MR) is 64.7 cm³/mol. The standard InChI is InChI=1S/C10H10F3N3S2/c1-2-15-8(6-3-14-5-17-6)7-4-16-9(18-7)10(11,12)13/h3-5,8,15H,2H2,1H3. The highest BCUT2D eigenvalue weighted by molar-refractivity contribution is 7.12. The highest BCUT2D eigenvalue weighted by Gasteiger charge is 2.35. The summed E-state index contributed by atoms with van der Waals surface area (Å²) in [7, 11) is 0. The minimum atomic E-state index is -4.38. The van der Waals surface area contributed by atoms with Crippen LogP contribution >= 0.6 is 22.7 Å². The van der Waals surface area contributed by atoms with Crippen LogP contribution in [0.15, 0.2) is 17.9 Å². The molecule has 8 heteroatoms. The van der Waals surface area contributed by atoms with Gasteiger partial charge in [0.2, 0.25) is 0 Å². The number of nitrogens with zero attached hydrogens (tertiary/aromatic N) is 2. The normalized spacial score (nSPS) is 13.8. The maximum absolute atomic E-state index is 12.5. The molecule has 0 amide bonds. The molecule has 0 bridgehead atoms. The van der Waals surface area contributed by atoms with E-state index in [1.165, 1.54) is 17.5 Å². The molecule has 0 saturated heterocycles. The molecule has 2 heterocycles. The van der Waals surface area contributed by atoms with Crippen LogP contribution in [0, 0.1) is 0 Å². The zero-order valence-corrected chi connectivity index (χ0v) is 11.0. The highest BCUT2D eigenvalue weighted by atomic mass is 32.1. The molecule has 0 radical (unpaired) electrons. The maximum atomic E-state index is 12.5. The van der Waals surface area contributed by atoms with E-state index in [-0.39, 0.29) is 6.04 Å². The summed E-state index contributed by atoms with van der Waals surface area (Å²) in [6.45, 7) is 2.56. The van der Waals surface area contributed by atoms with Crippen LogP contribution in [-0.4, -0.2) is 16.5 Å². The number of hydrogen-bond acceptors (Lipinski definition) is 5. The predicted octanol–water partition coefficient (Wildman–Crippen LogP) is 3.32. The Hall–Kier alpha value is -0.990. The molecule has 0 spiro atoms. The number of hydrogen-bond donors (Lipinski definition) is 1. The molecule has 2 rings (SSSR count). The fourth-order valence-electron chi connectivity index (χ4n) is 1.46. The van der Waals surface area contributed by atoms with Gasteiger partial charge in [0.15, 0.2) is 5.01 Å². The van der Waals surface area contributed by atoms with Gasteiger partial charge < -0.3 is 5.32 Å². The van der Waals surface area contributed by atoms with E-state index in [0.29, 0.717) is 22.8 Å². The Kier molecular flexibility index (Phi) is 3.98. The Morgan fingerprint density at radius 2 is 2.11 bits per heavy atom. The van der Waals surface area contributed by atoms with E-state index in [0.717, 1.165) is 4.88 Å². The molecule has 2 aromatic heterocycles. The van der Waals surface area contributed by atoms with Crippen LogP contribution < -0.4 is 5.32 Å². The molecule has 2 aromatic rings. The van der Waals surface area contributed by atoms with Gasteiger partial charge in [-0.2, -0.15) is 13.2 Å². The number of halogens is 3. The molecular weight excluding hydrogens is 283 g/mol. The third-order valence-corrected chi connectivity index (χ3v) is 4.14. The Bertz CT molecular complexity index is 493. The van der Waals surface area contributed by atoms with Crippen LogP contribution in [0.4, 0.5) is 13.2 Å². The van der Waals surface area contributed by atoms with Gasteiger partial charge in [0.05, 0.1) is 11.6 Å². The molecule has 0 aliphatic heterocycles. The second-order valence-electron chi connectivity index (χ2n) is 3.46. The van der Waals surface area contributed by atoms with Crippen molar-refractivity contribution >= 4 is 22.7 Å². The first-order valence-corrected chi connectivity index (χ1v) is 6.86. The first-order valence-electron chi connectivity index (χ1n) is 5.17. The van der Waals surface area contributed by atoms with Crippen LogP contribution in [0.3, 0.4) is 0 Å². The van der Waals surface area contributed by atoms with Gasteiger partial charge in [-0.1, -0.05) is 6.92 Å². The van der Waals surface area contributed by atoms with Gasteiger partial charge in [0, 0.05) is 22.1 Å². The Morgan fingerprint density at radius 1 is 1.33 bits per heavy atom. The Labute approximate surface area is 110 Å². The van der Waals surface area contributed by atoms with Gasteiger partial charge in [0.25, 0.3) is 0 Å². The van der Waals surface area contributed by atoms with Crippen molar-refractivity contribution in [1.82, 2.24) is 15.3 Å². The first-order chi connectivity index (χ1) is 8.52. The summed E-state index contributed by atoms with van der Waals surface area (Å²) in [6.07, 6.45) is -1.45. The van der Waals surface area contributed by atoms with Crippen LogP contribution in [0.2, 0.25) is 0 Å². The monoisotopic (exact) mass is 293 g/mol. The van der Waals surface area contributed by atoms with Crippen molar-refractivity contribution in [2.45, 2.75) is 19.1 Å². The molecule has 18 heavy (non-hydrogen) atoms. The lowest BCUT2D eigenvalue weighted by molar-refractivity contribution is -0.137. The number of aromatic nitrogens is 2. The molecule has 1 atom stereocenters. The largest absolute Gasteiger partial charge is 0.443 e. The lowest BCUT2D eigenvalue weighted by Gasteiger charge is -2.13. The van der Waals surface area contributed by atoms with Crippen molar-refractivity contribution in [2.75, 3.05) is 6.54 Å². The van der Waals surface area contributed by atoms with E-state index in [2.05, 4.69) is 15.3 Å². The van der Waals surface area contributed by atoms with Gasteiger partial charge in [-0.3, -0.25) is 4.98 Å². The second kappa shape index (κ2) is 5.33. The van der Waals surface area contributed by atoms with Gasteiger partial charge >= 0.3 is 6.18 Å². The highest BCUT2D eigenvalue weighted by Crippen LogP contribution is 2.36. The van der Waals surface area contributed by atoms with Gasteiger partial charge in [-0.05, 0) is 6.54 Å². The smallest absolute Gasteiger partial charge is 0.305 e. The fourth-order valence-corrected chi connectivity index (χ4v) is 3.13. The van der Waals surface area contributed by atoms with Crippen molar-refractivity contribution in [3.05, 3.63) is 32.7 Å². The van der Waals surface area contributed by atoms with Crippen LogP contribution in [0.25, 0.3) is 0 Å². The lowest BCUT2D eigenvalue weighted by Crippen LogP contribution is -2.20. The summed E-state index contributed by atoms with van der Waals surface area (Å²) in [5.74, 6) is 0. The molecule has 0 fully saturated rings. The first kappa shape index (κ1) is 13.4. The van der Waals surface area contributed by atoms with Crippen LogP contribution in [0.1, 0.15) is 27.7 Å². The van der Waals surface area contributed by atoms with E-state index >= 15 is 0 Å². The Morgan fingerprint density at radius 3 is 2.61 bits per heavy atom. The molecule has 3 nitrogen and oxygen atoms in total. The van der Waals surface area contributed by atoms with Crippen molar-refractivity contribution in [3.8, 4) is 0 Å². The van der Waals surface area contributed by atoms with Gasteiger partial charge in [-0.25, -0.2) is 4.98 Å². The van der Waals surface area contributed by atoms with Gasteiger partial charge in [0.1, 0.15) is 0 Å². The molecule has 0 aromatic carbocycles. The maximum Gasteiger partial charge on any atom is 0.443 e. The average molecular weight is 293 g/mol. The molecule has 0 aliphatic rings. The minimum Gasteiger partial charge on any atom is -0.305 e. The summed E-state index contributed by atoms with van der Waals surface area (Å²) in [5, 5.41) is 2.32. The van der Waals surface area contributed by atoms with Crippen molar-refractivity contribution < 1.29 is 13.2 Å². The van der Waals surface area contributed by atoms with Crippen molar-refractivity contribution in [3.63, 3.8) is 0 Å². The topological polar surface area (TPSA) is 37.8 Å². The molecule has 1 unspecified atom stereocenters. The number of rotatable bonds is 4. The average Bonchev–Trinajstić information content (AvgIpc) is 2.96. The Balaban J connectivity index is 2.29. The molecule has 98 valence electrons. The fraction of sp³-hybridized carbons (Fsp3) is 0.400. The third kappa shape index (κ3) is 2.88. The SMILES string of the molecule is CCNC(c1cncs1)c1cnc(C(F)(F)F)s1. The third-order valence-electron chi connectivity index (χ3n) is 2.19. The van der Waals surface area contributed by atoms with E-state index in [4.69, 9.17) is 0 Å². The summed E-state index contributed by atoms with van der Waals surface area (Å²) < 4.78 is 37.5. The van der Waals surface area contributed by atoms with Crippen molar-refractivity contribution in [1.29, 1.82) is 0 Å². The minimum absolute atomic E-state index is 0.268. The molecule has 0 saturated carbocycles. The molecular formula is C10H10F3N3S2. The van der Waals surface area contributed by atoms with Crippen molar-refractivity contribution in [2.24, 2.45) is 0 Å². The van der Waals surface area contributed by atoms with E-state index < -0.39 is 11.2 Å². The summed E-state index contributed by atoms with van der Waals surface area (Å²) in [4.78, 5) is 8.82. The van der Waals surface area contributed by atoms with Crippen LogP contribution in [0.5, 0.6) is 0 Å². The zero-order chi connectivity index (χ0) is 13.2. The quantitative estimate of drug-likeness (QED) is 0.939. The number of nitrogens with one attached hydrogen (secondary N) is 1. The molecule has 0 aliphatic carbocycles. The number of thiazole rings is 2. The lowest BCUT2D eigenvalue weighted by atomic mass is 10.2. The summed E-state index contributed by atoms with van der Waals surface area (Å²) in [5.41, 5.74) is 1.66.